The summed E-state index contributed by atoms with van der Waals surface area (Å²) in [5, 5.41) is 35.3. The first-order chi connectivity index (χ1) is 66.9. The fourth-order valence-electron chi connectivity index (χ4n) is 15.6. The van der Waals surface area contributed by atoms with Gasteiger partial charge in [-0.3, -0.25) is 25.7 Å². The normalized spacial score (nSPS) is 15.5. The summed E-state index contributed by atoms with van der Waals surface area (Å²) in [6.07, 6.45) is 1.44. The number of benzene rings is 16. The fraction of sp³-hybridized carbons (Fsp3) is 0.126. The van der Waals surface area contributed by atoms with Crippen LogP contribution >= 0.6 is 11.8 Å². The first-order valence-corrected chi connectivity index (χ1v) is 53.1. The van der Waals surface area contributed by atoms with Crippen LogP contribution in [0.5, 0.6) is 28.7 Å². The van der Waals surface area contributed by atoms with Gasteiger partial charge in [0, 0.05) is 16.2 Å². The Morgan fingerprint density at radius 1 is 0.273 bits per heavy atom. The van der Waals surface area contributed by atoms with Crippen molar-refractivity contribution < 1.29 is 99.9 Å². The van der Waals surface area contributed by atoms with Crippen molar-refractivity contribution in [3.05, 3.63) is 372 Å². The summed E-state index contributed by atoms with van der Waals surface area (Å²) in [4.78, 5) is 1.43. The van der Waals surface area contributed by atoms with Crippen LogP contribution in [0, 0.1) is 20.8 Å². The number of nitrogens with zero attached hydrogens (tertiary/aromatic N) is 6. The zero-order chi connectivity index (χ0) is 97.2. The lowest BCUT2D eigenvalue weighted by Crippen LogP contribution is -2.10. The van der Waals surface area contributed by atoms with Crippen molar-refractivity contribution in [1.82, 2.24) is 0 Å². The Kier molecular flexibility index (Phi) is 28.3. The molecule has 0 aromatic heterocycles. The van der Waals surface area contributed by atoms with Crippen LogP contribution in [0.15, 0.2) is 377 Å². The van der Waals surface area contributed by atoms with Crippen molar-refractivity contribution in [2.75, 3.05) is 50.8 Å². The first kappa shape index (κ1) is 95.7. The monoisotopic (exact) mass is 2000 g/mol. The Labute approximate surface area is 805 Å². The molecule has 0 saturated carbocycles. The van der Waals surface area contributed by atoms with E-state index in [1.165, 1.54) is 42.5 Å². The number of oxime groups is 6. The highest BCUT2D eigenvalue weighted by molar-refractivity contribution is 8.00. The number of fused-ring (bicyclic) bond motifs is 18. The van der Waals surface area contributed by atoms with E-state index in [2.05, 4.69) is 41.3 Å². The van der Waals surface area contributed by atoms with Gasteiger partial charge >= 0.3 is 60.7 Å². The Bertz CT molecular complexity index is 8270. The molecule has 0 aliphatic carbocycles. The van der Waals surface area contributed by atoms with Gasteiger partial charge in [0.15, 0.2) is 0 Å². The number of hydrogen-bond acceptors (Lipinski definition) is 30. The van der Waals surface area contributed by atoms with E-state index in [1.54, 1.807) is 86.3 Å². The van der Waals surface area contributed by atoms with Crippen LogP contribution in [0.25, 0.3) is 64.6 Å². The third-order valence-corrected chi connectivity index (χ3v) is 29.5. The van der Waals surface area contributed by atoms with E-state index >= 15 is 0 Å². The van der Waals surface area contributed by atoms with Crippen molar-refractivity contribution in [3.8, 4) is 28.7 Å². The molecule has 36 heteroatoms. The zero-order valence-electron chi connectivity index (χ0n) is 74.7. The third-order valence-electron chi connectivity index (χ3n) is 22.3. The minimum absolute atomic E-state index is 0.0486. The highest BCUT2D eigenvalue weighted by Crippen LogP contribution is 2.41. The molecule has 0 spiro atoms. The molecule has 706 valence electrons. The van der Waals surface area contributed by atoms with Crippen molar-refractivity contribution >= 4 is 171 Å². The lowest BCUT2D eigenvalue weighted by molar-refractivity contribution is 0.331. The molecule has 16 aromatic carbocycles. The second-order valence-electron chi connectivity index (χ2n) is 31.9. The first-order valence-electron chi connectivity index (χ1n) is 43.0. The summed E-state index contributed by atoms with van der Waals surface area (Å²) in [7, 11) is -23.0. The summed E-state index contributed by atoms with van der Waals surface area (Å²) in [5.74, 6) is 3.95. The van der Waals surface area contributed by atoms with Gasteiger partial charge in [-0.05, 0) is 176 Å². The summed E-state index contributed by atoms with van der Waals surface area (Å²) in [6, 6.07) is 97.6. The molecular formula is C103H84N6O23S7. The van der Waals surface area contributed by atoms with Gasteiger partial charge in [0.05, 0.1) is 39.8 Å². The van der Waals surface area contributed by atoms with Crippen LogP contribution in [-0.4, -0.2) is 136 Å². The minimum atomic E-state index is -3.98. The number of thioether (sulfide) groups is 1. The predicted molar refractivity (Wildman–Crippen MR) is 535 cm³/mol. The molecule has 0 amide bonds. The molecule has 0 radical (unpaired) electrons. The summed E-state index contributed by atoms with van der Waals surface area (Å²) in [6.45, 7) is 8.21. The van der Waals surface area contributed by atoms with E-state index in [-0.39, 0.29) is 58.4 Å². The zero-order valence-corrected chi connectivity index (χ0v) is 80.4. The topological polar surface area (TPSA) is 381 Å². The minimum Gasteiger partial charge on any atom is -0.486 e. The van der Waals surface area contributed by atoms with Gasteiger partial charge in [-0.15, -0.1) is 11.8 Å². The molecule has 0 N–H and O–H groups in total. The fourth-order valence-corrected chi connectivity index (χ4v) is 20.9. The quantitative estimate of drug-likeness (QED) is 0.0720. The molecule has 0 unspecified atom stereocenters. The Hall–Kier alpha value is -15.1. The molecule has 22 rings (SSSR count). The predicted octanol–water partition coefficient (Wildman–Crippen LogP) is 19.6. The van der Waals surface area contributed by atoms with Crippen molar-refractivity contribution in [2.45, 2.75) is 58.6 Å². The van der Waals surface area contributed by atoms with Gasteiger partial charge < -0.3 is 23.7 Å². The molecule has 6 aliphatic heterocycles. The smallest absolute Gasteiger partial charge is 0.358 e. The van der Waals surface area contributed by atoms with Crippen LogP contribution in [0.3, 0.4) is 0 Å². The molecular weight excluding hydrogens is 1910 g/mol. The largest absolute Gasteiger partial charge is 0.486 e. The van der Waals surface area contributed by atoms with Gasteiger partial charge in [0.1, 0.15) is 116 Å². The van der Waals surface area contributed by atoms with Crippen LogP contribution in [0.1, 0.15) is 63.4 Å². The summed E-state index contributed by atoms with van der Waals surface area (Å²) in [5.41, 5.74) is 10.5. The van der Waals surface area contributed by atoms with E-state index in [4.69, 9.17) is 45.1 Å². The molecule has 0 saturated heterocycles. The molecule has 0 atom stereocenters. The van der Waals surface area contributed by atoms with Crippen molar-refractivity contribution in [1.29, 1.82) is 0 Å². The second-order valence-corrected chi connectivity index (χ2v) is 42.2. The maximum absolute atomic E-state index is 12.4. The molecule has 139 heavy (non-hydrogen) atoms. The number of ether oxygens (including phenoxy) is 5. The van der Waals surface area contributed by atoms with Crippen molar-refractivity contribution in [2.24, 2.45) is 30.9 Å². The maximum Gasteiger partial charge on any atom is 0.358 e. The maximum atomic E-state index is 12.4. The lowest BCUT2D eigenvalue weighted by Gasteiger charge is -2.06. The van der Waals surface area contributed by atoms with Crippen LogP contribution < -0.4 is 23.7 Å². The Morgan fingerprint density at radius 3 is 0.878 bits per heavy atom. The molecule has 6 aliphatic rings. The van der Waals surface area contributed by atoms with Crippen molar-refractivity contribution in [3.63, 3.8) is 0 Å². The van der Waals surface area contributed by atoms with Crippen LogP contribution in [0.4, 0.5) is 0 Å². The standard InChI is InChI=1S/2C19H15NO4S.C19H15NO3S2.C18H13NO4S.C15H15NO4S.C13H11NO4S/c1-13-6-2-5-9-18(13)25(21,22)24-20-16-12-23-17-11-10-14-7-3-4-8-15(14)19(16)17;1-13-6-9-15(10-7-13)25(21,22)24-20-17-12-23-18-11-8-14-4-2-3-5-16(14)19(17)18;1-13-6-9-15(10-7-13)25(21,22)23-20-17-12-24-18-11-8-14-4-2-3-5-16(14)19(17)18;20-24(21,14-7-2-1-3-8-14)23-19-16-12-22-17-11-10-13-6-4-5-9-15(13)18(16)17;1-2-9-21(17,18)20-16-13-10-19-14-8-7-11-5-3-4-6-12(11)15(13)14;1-19(15,16)18-14-11-8-17-12-7-6-9-4-2-3-5-10(9)13(11)12/h3*2-11H,12H2,1H3;1-11H,12H2;3-8H,2,9-10H2,1H3;2-7H,8H2,1H3/b20-16+;2*20-17+;19-16+;16-13+;14-11+. The third kappa shape index (κ3) is 22.0. The lowest BCUT2D eigenvalue weighted by atomic mass is 10.0. The molecule has 0 bridgehead atoms. The highest BCUT2D eigenvalue weighted by atomic mass is 32.2. The van der Waals surface area contributed by atoms with E-state index in [0.29, 0.717) is 80.8 Å². The van der Waals surface area contributed by atoms with Gasteiger partial charge in [0.2, 0.25) is 0 Å². The number of rotatable bonds is 18. The van der Waals surface area contributed by atoms with E-state index in [0.717, 1.165) is 120 Å². The van der Waals surface area contributed by atoms with Gasteiger partial charge in [-0.2, -0.15) is 50.5 Å². The SMILES string of the molecule is CCCS(=O)(=O)O/N=C1\COc2ccc3ccccc3c21.CS(=O)(=O)O/N=C1\COc2ccc3ccccc3c21.Cc1ccc(S(=O)(=O)O/N=C2\COc3ccc4ccccc4c32)cc1.Cc1ccc(S(=O)(=O)O/N=C2\CSc3ccc4ccccc4c32)cc1.Cc1ccccc1S(=O)(=O)O/N=C1\COc2ccc3ccccc3c21.O=S(=O)(O/N=C1\COc2ccc3ccccc3c21)c1ccccc1. The Morgan fingerprint density at radius 2 is 0.547 bits per heavy atom. The highest BCUT2D eigenvalue weighted by Gasteiger charge is 2.32. The van der Waals surface area contributed by atoms with E-state index in [1.807, 2.05) is 226 Å². The van der Waals surface area contributed by atoms with Gasteiger partial charge in [-0.25, -0.2) is 0 Å². The molecule has 6 heterocycles. The average Bonchev–Trinajstić information content (AvgIpc) is 1.67. The van der Waals surface area contributed by atoms with Crippen LogP contribution in [0.2, 0.25) is 0 Å². The summed E-state index contributed by atoms with van der Waals surface area (Å²) < 4.78 is 201. The molecule has 29 nitrogen and oxygen atoms in total. The second kappa shape index (κ2) is 41.1. The van der Waals surface area contributed by atoms with Gasteiger partial charge in [0.25, 0.3) is 0 Å². The van der Waals surface area contributed by atoms with Gasteiger partial charge in [-0.1, -0.05) is 292 Å². The molecule has 16 aromatic rings. The summed E-state index contributed by atoms with van der Waals surface area (Å²) >= 11 is 1.63. The number of hydrogen-bond donors (Lipinski definition) is 0. The van der Waals surface area contributed by atoms with E-state index < -0.39 is 60.7 Å². The molecule has 0 fully saturated rings. The average molecular weight is 2000 g/mol. The number of aryl methyl sites for hydroxylation is 3. The van der Waals surface area contributed by atoms with E-state index in [9.17, 15) is 50.5 Å². The van der Waals surface area contributed by atoms with Crippen LogP contribution in [-0.2, 0) is 86.4 Å². The Balaban J connectivity index is 0.000000116.